The van der Waals surface area contributed by atoms with E-state index >= 15 is 0 Å². The number of ether oxygens (including phenoxy) is 2. The Balaban J connectivity index is 1.79. The van der Waals surface area contributed by atoms with E-state index in [4.69, 9.17) is 9.47 Å². The van der Waals surface area contributed by atoms with Crippen molar-refractivity contribution in [2.45, 2.75) is 57.2 Å². The van der Waals surface area contributed by atoms with Gasteiger partial charge in [0.25, 0.3) is 0 Å². The predicted molar refractivity (Wildman–Crippen MR) is 96.5 cm³/mol. The van der Waals surface area contributed by atoms with E-state index in [1.807, 2.05) is 18.2 Å². The molecule has 0 bridgehead atoms. The summed E-state index contributed by atoms with van der Waals surface area (Å²) in [6, 6.07) is 10.3. The van der Waals surface area contributed by atoms with Crippen LogP contribution in [0, 0.1) is 11.8 Å². The zero-order valence-electron chi connectivity index (χ0n) is 14.7. The van der Waals surface area contributed by atoms with Crippen LogP contribution in [0.5, 0.6) is 0 Å². The highest BCUT2D eigenvalue weighted by molar-refractivity contribution is 5.55. The summed E-state index contributed by atoms with van der Waals surface area (Å²) in [6.07, 6.45) is 9.93. The Kier molecular flexibility index (Phi) is 6.47. The van der Waals surface area contributed by atoms with Crippen LogP contribution in [0.1, 0.15) is 50.5 Å². The summed E-state index contributed by atoms with van der Waals surface area (Å²) in [5.41, 5.74) is 2.31. The van der Waals surface area contributed by atoms with E-state index in [1.165, 1.54) is 32.1 Å². The first-order chi connectivity index (χ1) is 11.8. The second-order valence-electron chi connectivity index (χ2n) is 7.21. The summed E-state index contributed by atoms with van der Waals surface area (Å²) in [7, 11) is 1.64. The molecule has 2 fully saturated rings. The van der Waals surface area contributed by atoms with Crippen LogP contribution in [-0.4, -0.2) is 31.2 Å². The molecule has 2 aliphatic carbocycles. The second-order valence-corrected chi connectivity index (χ2v) is 7.21. The number of aliphatic hydroxyl groups is 1. The van der Waals surface area contributed by atoms with Gasteiger partial charge in [-0.25, -0.2) is 0 Å². The van der Waals surface area contributed by atoms with Crippen LogP contribution in [0.15, 0.2) is 35.9 Å². The number of methoxy groups -OCH3 is 1. The minimum absolute atomic E-state index is 0.152. The molecule has 2 atom stereocenters. The van der Waals surface area contributed by atoms with Crippen LogP contribution in [-0.2, 0) is 9.47 Å². The molecule has 0 radical (unpaired) electrons. The lowest BCUT2D eigenvalue weighted by Crippen LogP contribution is -2.39. The maximum Gasteiger partial charge on any atom is 0.146 e. The molecule has 132 valence electrons. The zero-order valence-corrected chi connectivity index (χ0v) is 14.7. The van der Waals surface area contributed by atoms with E-state index in [-0.39, 0.29) is 12.9 Å². The van der Waals surface area contributed by atoms with Gasteiger partial charge in [0.1, 0.15) is 12.9 Å². The fraction of sp³-hybridized carbons (Fsp3) is 0.619. The topological polar surface area (TPSA) is 38.7 Å². The third kappa shape index (κ3) is 4.69. The smallest absolute Gasteiger partial charge is 0.146 e. The van der Waals surface area contributed by atoms with Crippen LogP contribution in [0.3, 0.4) is 0 Å². The summed E-state index contributed by atoms with van der Waals surface area (Å²) < 4.78 is 11.1. The van der Waals surface area contributed by atoms with Gasteiger partial charge in [-0.15, -0.1) is 0 Å². The minimum Gasteiger partial charge on any atom is -0.386 e. The molecule has 0 spiro atoms. The Morgan fingerprint density at radius 2 is 1.83 bits per heavy atom. The van der Waals surface area contributed by atoms with Gasteiger partial charge in [-0.2, -0.15) is 0 Å². The van der Waals surface area contributed by atoms with Crippen molar-refractivity contribution in [2.24, 2.45) is 11.8 Å². The first-order valence-corrected chi connectivity index (χ1v) is 9.34. The van der Waals surface area contributed by atoms with Crippen molar-refractivity contribution in [3.63, 3.8) is 0 Å². The molecule has 0 amide bonds. The molecule has 2 saturated carbocycles. The van der Waals surface area contributed by atoms with Gasteiger partial charge in [0.2, 0.25) is 0 Å². The molecular formula is C21H30O3. The number of hydrogen-bond acceptors (Lipinski definition) is 3. The monoisotopic (exact) mass is 330 g/mol. The summed E-state index contributed by atoms with van der Waals surface area (Å²) in [5.74, 6) is 0.944. The average molecular weight is 330 g/mol. The SMILES string of the molecule is COCO[C@H](C1CCCCC1)[C@@H](O)/C(=C/c1ccccc1)C1CC1. The van der Waals surface area contributed by atoms with Crippen molar-refractivity contribution < 1.29 is 14.6 Å². The molecule has 0 aromatic heterocycles. The van der Waals surface area contributed by atoms with E-state index in [9.17, 15) is 5.11 Å². The van der Waals surface area contributed by atoms with Crippen molar-refractivity contribution in [1.82, 2.24) is 0 Å². The van der Waals surface area contributed by atoms with Crippen molar-refractivity contribution in [2.75, 3.05) is 13.9 Å². The van der Waals surface area contributed by atoms with Crippen molar-refractivity contribution in [1.29, 1.82) is 0 Å². The Bertz CT molecular complexity index is 515. The number of hydrogen-bond donors (Lipinski definition) is 1. The molecule has 3 nitrogen and oxygen atoms in total. The Morgan fingerprint density at radius 3 is 2.46 bits per heavy atom. The van der Waals surface area contributed by atoms with Crippen molar-refractivity contribution in [3.05, 3.63) is 41.5 Å². The number of benzene rings is 1. The van der Waals surface area contributed by atoms with Crippen LogP contribution in [0.2, 0.25) is 0 Å². The molecular weight excluding hydrogens is 300 g/mol. The van der Waals surface area contributed by atoms with Gasteiger partial charge in [0.05, 0.1) is 6.10 Å². The maximum atomic E-state index is 11.2. The van der Waals surface area contributed by atoms with Crippen LogP contribution >= 0.6 is 0 Å². The van der Waals surface area contributed by atoms with E-state index in [0.717, 1.165) is 24.0 Å². The fourth-order valence-corrected chi connectivity index (χ4v) is 3.89. The van der Waals surface area contributed by atoms with Gasteiger partial charge in [0, 0.05) is 7.11 Å². The Hall–Kier alpha value is -1.16. The van der Waals surface area contributed by atoms with E-state index in [0.29, 0.717) is 11.8 Å². The fourth-order valence-electron chi connectivity index (χ4n) is 3.89. The van der Waals surface area contributed by atoms with Gasteiger partial charge in [-0.3, -0.25) is 0 Å². The van der Waals surface area contributed by atoms with Crippen molar-refractivity contribution in [3.8, 4) is 0 Å². The van der Waals surface area contributed by atoms with Gasteiger partial charge in [-0.05, 0) is 48.7 Å². The molecule has 2 aliphatic rings. The molecule has 0 heterocycles. The quantitative estimate of drug-likeness (QED) is 0.718. The molecule has 3 rings (SSSR count). The molecule has 0 aliphatic heterocycles. The standard InChI is InChI=1S/C21H30O3/c1-23-15-24-21(18-10-6-3-7-11-18)20(22)19(17-12-13-17)14-16-8-4-2-5-9-16/h2,4-5,8-9,14,17-18,20-22H,3,6-7,10-13,15H2,1H3/b19-14+/t20-,21+/m0/s1. The minimum atomic E-state index is -0.532. The van der Waals surface area contributed by atoms with E-state index < -0.39 is 6.10 Å². The number of aliphatic hydroxyl groups excluding tert-OH is 1. The summed E-state index contributed by atoms with van der Waals surface area (Å²) >= 11 is 0. The molecule has 1 N–H and O–H groups in total. The summed E-state index contributed by atoms with van der Waals surface area (Å²) in [6.45, 7) is 0.251. The molecule has 1 aromatic carbocycles. The highest BCUT2D eigenvalue weighted by Crippen LogP contribution is 2.42. The second kappa shape index (κ2) is 8.80. The molecule has 0 unspecified atom stereocenters. The lowest BCUT2D eigenvalue weighted by atomic mass is 9.81. The first kappa shape index (κ1) is 17.7. The van der Waals surface area contributed by atoms with Crippen LogP contribution in [0.25, 0.3) is 6.08 Å². The van der Waals surface area contributed by atoms with Gasteiger partial charge >= 0.3 is 0 Å². The third-order valence-corrected chi connectivity index (χ3v) is 5.33. The van der Waals surface area contributed by atoms with E-state index in [1.54, 1.807) is 7.11 Å². The molecule has 0 saturated heterocycles. The van der Waals surface area contributed by atoms with Gasteiger partial charge < -0.3 is 14.6 Å². The number of rotatable bonds is 8. The van der Waals surface area contributed by atoms with Crippen LogP contribution in [0.4, 0.5) is 0 Å². The lowest BCUT2D eigenvalue weighted by Gasteiger charge is -2.34. The predicted octanol–water partition coefficient (Wildman–Crippen LogP) is 4.41. The normalized spacial score (nSPS) is 22.3. The van der Waals surface area contributed by atoms with Crippen LogP contribution < -0.4 is 0 Å². The maximum absolute atomic E-state index is 11.2. The Morgan fingerprint density at radius 1 is 1.12 bits per heavy atom. The largest absolute Gasteiger partial charge is 0.386 e. The van der Waals surface area contributed by atoms with Gasteiger partial charge in [0.15, 0.2) is 0 Å². The average Bonchev–Trinajstić information content (AvgIpc) is 3.46. The van der Waals surface area contributed by atoms with Crippen molar-refractivity contribution >= 4 is 6.08 Å². The Labute approximate surface area is 145 Å². The molecule has 24 heavy (non-hydrogen) atoms. The highest BCUT2D eigenvalue weighted by Gasteiger charge is 2.38. The summed E-state index contributed by atoms with van der Waals surface area (Å²) in [4.78, 5) is 0. The first-order valence-electron chi connectivity index (χ1n) is 9.34. The highest BCUT2D eigenvalue weighted by atomic mass is 16.7. The van der Waals surface area contributed by atoms with Gasteiger partial charge in [-0.1, -0.05) is 55.7 Å². The molecule has 3 heteroatoms. The lowest BCUT2D eigenvalue weighted by molar-refractivity contribution is -0.130. The van der Waals surface area contributed by atoms with E-state index in [2.05, 4.69) is 18.2 Å². The molecule has 1 aromatic rings. The zero-order chi connectivity index (χ0) is 16.8. The third-order valence-electron chi connectivity index (χ3n) is 5.33. The summed E-state index contributed by atoms with van der Waals surface area (Å²) in [5, 5.41) is 11.2.